The van der Waals surface area contributed by atoms with Crippen LogP contribution in [0.25, 0.3) is 0 Å². The Bertz CT molecular complexity index is 168. The molecule has 0 aliphatic carbocycles. The lowest BCUT2D eigenvalue weighted by atomic mass is 10.1. The van der Waals surface area contributed by atoms with E-state index in [1.54, 1.807) is 13.0 Å². The minimum atomic E-state index is -0.830. The lowest BCUT2D eigenvalue weighted by Crippen LogP contribution is -2.44. The van der Waals surface area contributed by atoms with Gasteiger partial charge in [-0.1, -0.05) is 12.2 Å². The maximum Gasteiger partial charge on any atom is 0.217 e. The van der Waals surface area contributed by atoms with Gasteiger partial charge in [-0.2, -0.15) is 0 Å². The first-order valence-corrected chi connectivity index (χ1v) is 3.80. The molecule has 0 aliphatic heterocycles. The summed E-state index contributed by atoms with van der Waals surface area (Å²) >= 11 is 0. The Morgan fingerprint density at radius 3 is 2.58 bits per heavy atom. The smallest absolute Gasteiger partial charge is 0.217 e. The fourth-order valence-electron chi connectivity index (χ4n) is 0.831. The van der Waals surface area contributed by atoms with Gasteiger partial charge in [0.1, 0.15) is 0 Å². The summed E-state index contributed by atoms with van der Waals surface area (Å²) in [5, 5.41) is 20.5. The molecule has 70 valence electrons. The second-order valence-corrected chi connectivity index (χ2v) is 2.51. The maximum atomic E-state index is 10.6. The number of allylic oxidation sites excluding steroid dienone is 1. The molecule has 0 fully saturated rings. The summed E-state index contributed by atoms with van der Waals surface area (Å²) in [6.45, 7) is 2.82. The Labute approximate surface area is 71.9 Å². The first-order chi connectivity index (χ1) is 5.61. The van der Waals surface area contributed by atoms with Gasteiger partial charge in [-0.05, 0) is 6.92 Å². The van der Waals surface area contributed by atoms with Gasteiger partial charge in [0.25, 0.3) is 0 Å². The molecule has 0 saturated carbocycles. The van der Waals surface area contributed by atoms with Gasteiger partial charge in [0.05, 0.1) is 18.8 Å². The van der Waals surface area contributed by atoms with E-state index >= 15 is 0 Å². The van der Waals surface area contributed by atoms with Crippen LogP contribution in [0.1, 0.15) is 13.8 Å². The molecule has 0 saturated heterocycles. The van der Waals surface area contributed by atoms with Gasteiger partial charge < -0.3 is 15.5 Å². The Morgan fingerprint density at radius 1 is 1.67 bits per heavy atom. The highest BCUT2D eigenvalue weighted by Crippen LogP contribution is 1.94. The van der Waals surface area contributed by atoms with Gasteiger partial charge >= 0.3 is 0 Å². The Morgan fingerprint density at radius 2 is 2.25 bits per heavy atom. The second-order valence-electron chi connectivity index (χ2n) is 2.51. The van der Waals surface area contributed by atoms with Gasteiger partial charge in [0, 0.05) is 6.92 Å². The summed E-state index contributed by atoms with van der Waals surface area (Å²) in [7, 11) is 0. The van der Waals surface area contributed by atoms with E-state index in [0.29, 0.717) is 0 Å². The van der Waals surface area contributed by atoms with E-state index in [9.17, 15) is 9.90 Å². The van der Waals surface area contributed by atoms with E-state index in [1.807, 2.05) is 0 Å². The van der Waals surface area contributed by atoms with Crippen LogP contribution in [0, 0.1) is 0 Å². The summed E-state index contributed by atoms with van der Waals surface area (Å²) in [5.41, 5.74) is 0. The van der Waals surface area contributed by atoms with Gasteiger partial charge in [-0.15, -0.1) is 0 Å². The van der Waals surface area contributed by atoms with E-state index in [1.165, 1.54) is 13.0 Å². The summed E-state index contributed by atoms with van der Waals surface area (Å²) < 4.78 is 0. The first-order valence-electron chi connectivity index (χ1n) is 3.80. The van der Waals surface area contributed by atoms with E-state index in [4.69, 9.17) is 5.11 Å². The molecule has 3 N–H and O–H groups in total. The van der Waals surface area contributed by atoms with E-state index in [0.717, 1.165) is 0 Å². The lowest BCUT2D eigenvalue weighted by Gasteiger charge is -2.18. The molecule has 0 aromatic carbocycles. The Balaban J connectivity index is 4.04. The van der Waals surface area contributed by atoms with Gasteiger partial charge in [-0.3, -0.25) is 4.79 Å². The van der Waals surface area contributed by atoms with Crippen molar-refractivity contribution in [3.8, 4) is 0 Å². The van der Waals surface area contributed by atoms with Crippen molar-refractivity contribution >= 4 is 5.91 Å². The van der Waals surface area contributed by atoms with E-state index < -0.39 is 12.1 Å². The van der Waals surface area contributed by atoms with E-state index in [-0.39, 0.29) is 12.5 Å². The highest BCUT2D eigenvalue weighted by Gasteiger charge is 2.15. The molecule has 2 atom stereocenters. The molecule has 0 aliphatic rings. The molecule has 0 rings (SSSR count). The third-order valence-electron chi connectivity index (χ3n) is 1.39. The minimum Gasteiger partial charge on any atom is -0.394 e. The van der Waals surface area contributed by atoms with Crippen LogP contribution in [0.15, 0.2) is 12.2 Å². The van der Waals surface area contributed by atoms with E-state index in [2.05, 4.69) is 5.32 Å². The fraction of sp³-hybridized carbons (Fsp3) is 0.625. The zero-order chi connectivity index (χ0) is 9.56. The molecule has 0 aromatic heterocycles. The number of hydrogen-bond donors (Lipinski definition) is 3. The first kappa shape index (κ1) is 11.1. The van der Waals surface area contributed by atoms with Gasteiger partial charge in [0.15, 0.2) is 0 Å². The largest absolute Gasteiger partial charge is 0.394 e. The minimum absolute atomic E-state index is 0.266. The van der Waals surface area contributed by atoms with Gasteiger partial charge in [0.2, 0.25) is 5.91 Å². The van der Waals surface area contributed by atoms with Crippen molar-refractivity contribution in [2.45, 2.75) is 26.0 Å². The average Bonchev–Trinajstić information content (AvgIpc) is 2.00. The van der Waals surface area contributed by atoms with Crippen molar-refractivity contribution in [3.63, 3.8) is 0 Å². The zero-order valence-electron chi connectivity index (χ0n) is 7.32. The summed E-state index contributed by atoms with van der Waals surface area (Å²) in [6, 6.07) is -0.612. The van der Waals surface area contributed by atoms with Crippen LogP contribution in [0.2, 0.25) is 0 Å². The molecule has 0 unspecified atom stereocenters. The van der Waals surface area contributed by atoms with Crippen LogP contribution in [0.4, 0.5) is 0 Å². The number of aliphatic hydroxyl groups excluding tert-OH is 2. The van der Waals surface area contributed by atoms with Crippen molar-refractivity contribution in [1.82, 2.24) is 5.32 Å². The second kappa shape index (κ2) is 5.74. The number of rotatable bonds is 4. The molecule has 0 aromatic rings. The number of amides is 1. The van der Waals surface area contributed by atoms with Gasteiger partial charge in [-0.25, -0.2) is 0 Å². The summed E-state index contributed by atoms with van der Waals surface area (Å²) in [4.78, 5) is 10.6. The average molecular weight is 173 g/mol. The van der Waals surface area contributed by atoms with Crippen molar-refractivity contribution in [1.29, 1.82) is 0 Å². The number of carbonyl (C=O) groups is 1. The summed E-state index contributed by atoms with van der Waals surface area (Å²) in [6.07, 6.45) is 2.34. The van der Waals surface area contributed by atoms with Crippen molar-refractivity contribution < 1.29 is 15.0 Å². The van der Waals surface area contributed by atoms with Crippen molar-refractivity contribution in [3.05, 3.63) is 12.2 Å². The standard InChI is InChI=1S/C8H15NO3/c1-3-4-8(12)7(5-10)9-6(2)11/h3-4,7-8,10,12H,5H2,1-2H3,(H,9,11)/b4-3+/t7-,8+/m0/s1. The number of hydrogen-bond acceptors (Lipinski definition) is 3. The number of carbonyl (C=O) groups excluding carboxylic acids is 1. The summed E-state index contributed by atoms with van der Waals surface area (Å²) in [5.74, 6) is -0.266. The maximum absolute atomic E-state index is 10.6. The molecule has 0 bridgehead atoms. The molecule has 4 heteroatoms. The Kier molecular flexibility index (Phi) is 5.32. The third kappa shape index (κ3) is 4.10. The van der Waals surface area contributed by atoms with Crippen LogP contribution < -0.4 is 5.32 Å². The van der Waals surface area contributed by atoms with Crippen LogP contribution in [0.3, 0.4) is 0 Å². The predicted octanol–water partition coefficient (Wildman–Crippen LogP) is -0.580. The molecule has 4 nitrogen and oxygen atoms in total. The quantitative estimate of drug-likeness (QED) is 0.498. The van der Waals surface area contributed by atoms with Crippen molar-refractivity contribution in [2.24, 2.45) is 0 Å². The monoisotopic (exact) mass is 173 g/mol. The Hall–Kier alpha value is -0.870. The predicted molar refractivity (Wildman–Crippen MR) is 45.5 cm³/mol. The van der Waals surface area contributed by atoms with Crippen LogP contribution in [-0.4, -0.2) is 34.9 Å². The van der Waals surface area contributed by atoms with Crippen LogP contribution in [-0.2, 0) is 4.79 Å². The highest BCUT2D eigenvalue weighted by molar-refractivity contribution is 5.73. The fourth-order valence-corrected chi connectivity index (χ4v) is 0.831. The molecule has 12 heavy (non-hydrogen) atoms. The molecule has 0 radical (unpaired) electrons. The van der Waals surface area contributed by atoms with Crippen LogP contribution >= 0.6 is 0 Å². The number of aliphatic hydroxyl groups is 2. The van der Waals surface area contributed by atoms with Crippen LogP contribution in [0.5, 0.6) is 0 Å². The molecule has 0 heterocycles. The molecule has 1 amide bonds. The van der Waals surface area contributed by atoms with Crippen molar-refractivity contribution in [2.75, 3.05) is 6.61 Å². The SMILES string of the molecule is C/C=C/[C@@H](O)[C@H](CO)NC(C)=O. The highest BCUT2D eigenvalue weighted by atomic mass is 16.3. The molecular formula is C8H15NO3. The molecular weight excluding hydrogens is 158 g/mol. The number of nitrogens with one attached hydrogen (secondary N) is 1. The lowest BCUT2D eigenvalue weighted by molar-refractivity contribution is -0.120. The third-order valence-corrected chi connectivity index (χ3v) is 1.39. The topological polar surface area (TPSA) is 69.6 Å². The zero-order valence-corrected chi connectivity index (χ0v) is 7.32. The normalized spacial score (nSPS) is 16.0. The molecule has 0 spiro atoms.